The van der Waals surface area contributed by atoms with Crippen molar-refractivity contribution in [2.24, 2.45) is 5.92 Å². The monoisotopic (exact) mass is 414 g/mol. The molecule has 0 unspecified atom stereocenters. The van der Waals surface area contributed by atoms with E-state index >= 15 is 0 Å². The van der Waals surface area contributed by atoms with Gasteiger partial charge in [0.05, 0.1) is 5.56 Å². The molecule has 31 heavy (non-hydrogen) atoms. The van der Waals surface area contributed by atoms with Gasteiger partial charge in [0.1, 0.15) is 0 Å². The highest BCUT2D eigenvalue weighted by Gasteiger charge is 2.11. The lowest BCUT2D eigenvalue weighted by atomic mass is 9.90. The number of unbranched alkanes of at least 4 members (excludes halogenated alkanes) is 2. The van der Waals surface area contributed by atoms with Crippen LogP contribution >= 0.6 is 0 Å². The Bertz CT molecular complexity index is 984. The Labute approximate surface area is 187 Å². The normalized spacial score (nSPS) is 12.0. The molecule has 1 atom stereocenters. The van der Waals surface area contributed by atoms with Gasteiger partial charge in [-0.3, -0.25) is 0 Å². The van der Waals surface area contributed by atoms with Crippen molar-refractivity contribution in [1.29, 1.82) is 0 Å². The number of carbonyl (C=O) groups is 1. The molecule has 0 aliphatic carbocycles. The summed E-state index contributed by atoms with van der Waals surface area (Å²) in [4.78, 5) is 11.2. The molecule has 0 amide bonds. The van der Waals surface area contributed by atoms with E-state index in [0.717, 1.165) is 24.0 Å². The van der Waals surface area contributed by atoms with Crippen molar-refractivity contribution in [2.45, 2.75) is 59.3 Å². The third kappa shape index (κ3) is 6.07. The summed E-state index contributed by atoms with van der Waals surface area (Å²) in [6.45, 7) is 6.77. The van der Waals surface area contributed by atoms with Gasteiger partial charge in [0, 0.05) is 0 Å². The molecule has 0 heterocycles. The number of carboxylic acids is 1. The van der Waals surface area contributed by atoms with Crippen LogP contribution in [0.25, 0.3) is 22.3 Å². The first-order valence-electron chi connectivity index (χ1n) is 11.6. The van der Waals surface area contributed by atoms with Crippen molar-refractivity contribution in [3.05, 3.63) is 83.4 Å². The quantitative estimate of drug-likeness (QED) is 0.341. The summed E-state index contributed by atoms with van der Waals surface area (Å²) in [7, 11) is 0. The molecule has 0 fully saturated rings. The summed E-state index contributed by atoms with van der Waals surface area (Å²) in [5.74, 6) is -0.203. The first kappa shape index (κ1) is 22.8. The van der Waals surface area contributed by atoms with Crippen LogP contribution in [-0.2, 0) is 12.8 Å². The van der Waals surface area contributed by atoms with Crippen LogP contribution in [0.3, 0.4) is 0 Å². The Hall–Kier alpha value is -2.87. The summed E-state index contributed by atoms with van der Waals surface area (Å²) in [6, 6.07) is 22.9. The lowest BCUT2D eigenvalue weighted by Gasteiger charge is -2.14. The lowest BCUT2D eigenvalue weighted by molar-refractivity contribution is 0.0697. The fourth-order valence-electron chi connectivity index (χ4n) is 3.98. The first-order chi connectivity index (χ1) is 15.0. The summed E-state index contributed by atoms with van der Waals surface area (Å²) in [5.41, 5.74) is 7.67. The van der Waals surface area contributed by atoms with E-state index < -0.39 is 5.97 Å². The second-order valence-corrected chi connectivity index (χ2v) is 8.63. The van der Waals surface area contributed by atoms with Gasteiger partial charge in [0.15, 0.2) is 0 Å². The zero-order valence-corrected chi connectivity index (χ0v) is 19.0. The molecule has 0 aliphatic rings. The van der Waals surface area contributed by atoms with E-state index in [9.17, 15) is 9.90 Å². The Morgan fingerprint density at radius 3 is 2.03 bits per heavy atom. The molecule has 1 N–H and O–H groups in total. The fraction of sp³-hybridized carbons (Fsp3) is 0.345. The van der Waals surface area contributed by atoms with E-state index in [1.54, 1.807) is 12.1 Å². The third-order valence-corrected chi connectivity index (χ3v) is 6.14. The maximum absolute atomic E-state index is 11.2. The van der Waals surface area contributed by atoms with Crippen LogP contribution in [0.2, 0.25) is 0 Å². The van der Waals surface area contributed by atoms with Gasteiger partial charge in [-0.2, -0.15) is 0 Å². The molecule has 3 aromatic carbocycles. The average Bonchev–Trinajstić information content (AvgIpc) is 2.79. The molecule has 0 radical (unpaired) electrons. The summed E-state index contributed by atoms with van der Waals surface area (Å²) in [5, 5.41) is 9.22. The highest BCUT2D eigenvalue weighted by atomic mass is 16.4. The molecular weight excluding hydrogens is 380 g/mol. The van der Waals surface area contributed by atoms with Crippen LogP contribution in [0.5, 0.6) is 0 Å². The number of hydrogen-bond donors (Lipinski definition) is 1. The van der Waals surface area contributed by atoms with Crippen LogP contribution in [0, 0.1) is 5.92 Å². The lowest BCUT2D eigenvalue weighted by Crippen LogP contribution is -1.98. The molecule has 2 nitrogen and oxygen atoms in total. The van der Waals surface area contributed by atoms with Gasteiger partial charge in [-0.15, -0.1) is 0 Å². The summed E-state index contributed by atoms with van der Waals surface area (Å²) >= 11 is 0. The number of aromatic carboxylic acids is 1. The topological polar surface area (TPSA) is 37.3 Å². The van der Waals surface area contributed by atoms with E-state index in [2.05, 4.69) is 63.2 Å². The molecule has 0 spiro atoms. The van der Waals surface area contributed by atoms with Gasteiger partial charge in [-0.1, -0.05) is 94.6 Å². The Morgan fingerprint density at radius 2 is 1.42 bits per heavy atom. The average molecular weight is 415 g/mol. The number of rotatable bonds is 10. The van der Waals surface area contributed by atoms with Gasteiger partial charge in [-0.25, -0.2) is 4.79 Å². The van der Waals surface area contributed by atoms with Gasteiger partial charge in [0.25, 0.3) is 0 Å². The van der Waals surface area contributed by atoms with Gasteiger partial charge >= 0.3 is 5.97 Å². The number of hydrogen-bond acceptors (Lipinski definition) is 1. The molecule has 0 aromatic heterocycles. The fourth-order valence-corrected chi connectivity index (χ4v) is 3.98. The van der Waals surface area contributed by atoms with Gasteiger partial charge in [0.2, 0.25) is 0 Å². The predicted molar refractivity (Wildman–Crippen MR) is 131 cm³/mol. The molecule has 0 saturated carbocycles. The van der Waals surface area contributed by atoms with Crippen molar-refractivity contribution in [3.63, 3.8) is 0 Å². The number of aryl methyl sites for hydroxylation is 1. The van der Waals surface area contributed by atoms with Crippen LogP contribution in [0.15, 0.2) is 66.7 Å². The van der Waals surface area contributed by atoms with E-state index in [-0.39, 0.29) is 0 Å². The van der Waals surface area contributed by atoms with E-state index in [4.69, 9.17) is 0 Å². The molecule has 0 saturated heterocycles. The maximum atomic E-state index is 11.2. The molecule has 2 heteroatoms. The Morgan fingerprint density at radius 1 is 0.806 bits per heavy atom. The zero-order valence-electron chi connectivity index (χ0n) is 19.0. The first-order valence-corrected chi connectivity index (χ1v) is 11.6. The molecule has 3 aromatic rings. The number of carboxylic acid groups (broad SMARTS) is 1. The zero-order chi connectivity index (χ0) is 22.2. The van der Waals surface area contributed by atoms with Crippen molar-refractivity contribution in [1.82, 2.24) is 0 Å². The van der Waals surface area contributed by atoms with Crippen LogP contribution in [0.1, 0.15) is 67.9 Å². The molecular formula is C29H34O2. The van der Waals surface area contributed by atoms with E-state index in [1.165, 1.54) is 47.9 Å². The van der Waals surface area contributed by atoms with Crippen molar-refractivity contribution in [2.75, 3.05) is 0 Å². The van der Waals surface area contributed by atoms with E-state index in [1.807, 2.05) is 12.1 Å². The minimum Gasteiger partial charge on any atom is -0.478 e. The van der Waals surface area contributed by atoms with Gasteiger partial charge in [-0.05, 0) is 70.7 Å². The third-order valence-electron chi connectivity index (χ3n) is 6.14. The predicted octanol–water partition coefficient (Wildman–Crippen LogP) is 8.04. The molecule has 0 bridgehead atoms. The van der Waals surface area contributed by atoms with Crippen LogP contribution in [0.4, 0.5) is 0 Å². The Kier molecular flexibility index (Phi) is 8.06. The largest absolute Gasteiger partial charge is 0.478 e. The second-order valence-electron chi connectivity index (χ2n) is 8.63. The smallest absolute Gasteiger partial charge is 0.335 e. The minimum atomic E-state index is -0.894. The highest BCUT2D eigenvalue weighted by molar-refractivity contribution is 5.89. The Balaban J connectivity index is 1.98. The SMILES string of the molecule is CCCCCc1ccc(-c2ccc(C(=O)O)cc2)c(-c2ccc(C[C@@H](C)CC)cc2)c1. The minimum absolute atomic E-state index is 0.316. The molecule has 0 aliphatic heterocycles. The molecule has 162 valence electrons. The second kappa shape index (κ2) is 10.9. The summed E-state index contributed by atoms with van der Waals surface area (Å²) in [6.07, 6.45) is 7.06. The maximum Gasteiger partial charge on any atom is 0.335 e. The standard InChI is InChI=1S/C29H34O2/c1-4-6-7-8-22-11-18-27(24-14-16-26(17-15-24)29(30)31)28(20-22)25-12-9-23(10-13-25)19-21(3)5-2/h9-18,20-21H,4-8,19H2,1-3H3,(H,30,31)/t21-/m0/s1. The van der Waals surface area contributed by atoms with Crippen LogP contribution < -0.4 is 0 Å². The van der Waals surface area contributed by atoms with Crippen molar-refractivity contribution in [3.8, 4) is 22.3 Å². The molecule has 3 rings (SSSR count). The van der Waals surface area contributed by atoms with Gasteiger partial charge < -0.3 is 5.11 Å². The highest BCUT2D eigenvalue weighted by Crippen LogP contribution is 2.34. The van der Waals surface area contributed by atoms with Crippen molar-refractivity contribution < 1.29 is 9.90 Å². The van der Waals surface area contributed by atoms with Crippen molar-refractivity contribution >= 4 is 5.97 Å². The van der Waals surface area contributed by atoms with Crippen LogP contribution in [-0.4, -0.2) is 11.1 Å². The summed E-state index contributed by atoms with van der Waals surface area (Å²) < 4.78 is 0. The van der Waals surface area contributed by atoms with E-state index in [0.29, 0.717) is 11.5 Å². The number of benzene rings is 3.